The molecule has 0 unspecified atom stereocenters. The smallest absolute Gasteiger partial charge is 0.264 e. The molecule has 1 N–H and O–H groups in total. The molecule has 0 aliphatic carbocycles. The van der Waals surface area contributed by atoms with Crippen molar-refractivity contribution < 1.29 is 22.7 Å². The van der Waals surface area contributed by atoms with Gasteiger partial charge in [-0.1, -0.05) is 56.3 Å². The minimum atomic E-state index is -4.03. The van der Waals surface area contributed by atoms with Crippen LogP contribution in [0.2, 0.25) is 0 Å². The van der Waals surface area contributed by atoms with E-state index in [1.54, 1.807) is 59.5 Å². The molecule has 0 bridgehead atoms. The number of nitrogens with zero attached hydrogens (tertiary/aromatic N) is 2. The van der Waals surface area contributed by atoms with E-state index in [4.69, 9.17) is 4.74 Å². The first-order chi connectivity index (χ1) is 17.8. The highest BCUT2D eigenvalue weighted by molar-refractivity contribution is 7.92. The minimum Gasteiger partial charge on any atom is -0.378 e. The van der Waals surface area contributed by atoms with Crippen LogP contribution >= 0.6 is 0 Å². The van der Waals surface area contributed by atoms with Crippen LogP contribution in [0.25, 0.3) is 0 Å². The van der Waals surface area contributed by atoms with Gasteiger partial charge in [0.25, 0.3) is 15.9 Å². The second-order valence-corrected chi connectivity index (χ2v) is 10.9. The normalized spacial score (nSPS) is 13.9. The van der Waals surface area contributed by atoms with Crippen molar-refractivity contribution in [1.29, 1.82) is 0 Å². The Hall–Kier alpha value is -3.69. The quantitative estimate of drug-likeness (QED) is 0.481. The molecule has 1 fully saturated rings. The van der Waals surface area contributed by atoms with Gasteiger partial charge in [0.05, 0.1) is 35.0 Å². The molecule has 194 valence electrons. The topological polar surface area (TPSA) is 96.0 Å². The second-order valence-electron chi connectivity index (χ2n) is 9.07. The molecule has 0 spiro atoms. The van der Waals surface area contributed by atoms with Gasteiger partial charge in [-0.05, 0) is 47.9 Å². The van der Waals surface area contributed by atoms with Crippen molar-refractivity contribution in [3.8, 4) is 0 Å². The first-order valence-electron chi connectivity index (χ1n) is 12.2. The number of anilines is 2. The number of para-hydroxylation sites is 1. The maximum absolute atomic E-state index is 13.6. The second kappa shape index (κ2) is 11.6. The third-order valence-corrected chi connectivity index (χ3v) is 7.98. The Bertz CT molecular complexity index is 1340. The summed E-state index contributed by atoms with van der Waals surface area (Å²) in [7, 11) is -4.03. The standard InChI is InChI=1S/C28H31N3O5S/c1-21(2)22-12-14-23(15-13-22)31(37(34,35)24-8-4-3-5-9-24)20-27(32)29-26-11-7-6-10-25(26)28(33)30-16-18-36-19-17-30/h3-15,21H,16-20H2,1-2H3,(H,29,32). The molecule has 1 aliphatic rings. The van der Waals surface area contributed by atoms with E-state index in [2.05, 4.69) is 19.2 Å². The number of benzene rings is 3. The summed E-state index contributed by atoms with van der Waals surface area (Å²) >= 11 is 0. The predicted octanol–water partition coefficient (Wildman–Crippen LogP) is 4.12. The number of hydrogen-bond acceptors (Lipinski definition) is 5. The summed E-state index contributed by atoms with van der Waals surface area (Å²) in [6, 6.07) is 21.9. The number of rotatable bonds is 8. The van der Waals surface area contributed by atoms with Crippen molar-refractivity contribution in [3.05, 3.63) is 90.0 Å². The number of ether oxygens (including phenoxy) is 1. The lowest BCUT2D eigenvalue weighted by molar-refractivity contribution is -0.114. The number of amides is 2. The van der Waals surface area contributed by atoms with E-state index in [0.717, 1.165) is 9.87 Å². The van der Waals surface area contributed by atoms with Crippen molar-refractivity contribution in [2.75, 3.05) is 42.5 Å². The summed E-state index contributed by atoms with van der Waals surface area (Å²) in [4.78, 5) is 28.1. The van der Waals surface area contributed by atoms with Crippen LogP contribution in [0, 0.1) is 0 Å². The van der Waals surface area contributed by atoms with Crippen LogP contribution in [-0.4, -0.2) is 58.0 Å². The molecule has 8 nitrogen and oxygen atoms in total. The van der Waals surface area contributed by atoms with Gasteiger partial charge < -0.3 is 15.0 Å². The highest BCUT2D eigenvalue weighted by Gasteiger charge is 2.28. The van der Waals surface area contributed by atoms with Gasteiger partial charge in [0.1, 0.15) is 6.54 Å². The average molecular weight is 522 g/mol. The van der Waals surface area contributed by atoms with Crippen LogP contribution in [0.1, 0.15) is 35.7 Å². The number of morpholine rings is 1. The molecule has 0 saturated carbocycles. The molecular formula is C28H31N3O5S. The fourth-order valence-corrected chi connectivity index (χ4v) is 5.54. The molecule has 2 amide bonds. The molecule has 0 radical (unpaired) electrons. The number of hydrogen-bond donors (Lipinski definition) is 1. The van der Waals surface area contributed by atoms with Crippen LogP contribution in [0.15, 0.2) is 83.8 Å². The largest absolute Gasteiger partial charge is 0.378 e. The third kappa shape index (κ3) is 6.18. The lowest BCUT2D eigenvalue weighted by Crippen LogP contribution is -2.41. The molecule has 0 aromatic heterocycles. The van der Waals surface area contributed by atoms with E-state index in [-0.39, 0.29) is 16.7 Å². The summed E-state index contributed by atoms with van der Waals surface area (Å²) < 4.78 is 33.6. The zero-order valence-corrected chi connectivity index (χ0v) is 21.8. The zero-order chi connectivity index (χ0) is 26.4. The van der Waals surface area contributed by atoms with E-state index in [0.29, 0.717) is 43.2 Å². The summed E-state index contributed by atoms with van der Waals surface area (Å²) in [6.07, 6.45) is 0. The van der Waals surface area contributed by atoms with Crippen LogP contribution in [0.4, 0.5) is 11.4 Å². The van der Waals surface area contributed by atoms with Gasteiger partial charge in [-0.15, -0.1) is 0 Å². The van der Waals surface area contributed by atoms with Crippen LogP contribution < -0.4 is 9.62 Å². The van der Waals surface area contributed by atoms with Crippen molar-refractivity contribution in [2.24, 2.45) is 0 Å². The number of carbonyl (C=O) groups excluding carboxylic acids is 2. The average Bonchev–Trinajstić information content (AvgIpc) is 2.92. The first kappa shape index (κ1) is 26.4. The van der Waals surface area contributed by atoms with Gasteiger partial charge in [-0.3, -0.25) is 13.9 Å². The van der Waals surface area contributed by atoms with Crippen LogP contribution in [0.5, 0.6) is 0 Å². The number of carbonyl (C=O) groups is 2. The Morgan fingerprint density at radius 1 is 0.919 bits per heavy atom. The lowest BCUT2D eigenvalue weighted by Gasteiger charge is -2.28. The fraction of sp³-hybridized carbons (Fsp3) is 0.286. The van der Waals surface area contributed by atoms with E-state index in [1.165, 1.54) is 12.1 Å². The van der Waals surface area contributed by atoms with E-state index >= 15 is 0 Å². The maximum Gasteiger partial charge on any atom is 0.264 e. The van der Waals surface area contributed by atoms with Crippen LogP contribution in [0.3, 0.4) is 0 Å². The molecule has 37 heavy (non-hydrogen) atoms. The van der Waals surface area contributed by atoms with Crippen molar-refractivity contribution in [3.63, 3.8) is 0 Å². The minimum absolute atomic E-state index is 0.0821. The van der Waals surface area contributed by atoms with Crippen molar-refractivity contribution >= 4 is 33.2 Å². The summed E-state index contributed by atoms with van der Waals surface area (Å²) in [6.45, 7) is 5.50. The Kier molecular flexibility index (Phi) is 8.25. The van der Waals surface area contributed by atoms with Gasteiger partial charge in [0.2, 0.25) is 5.91 Å². The van der Waals surface area contributed by atoms with Gasteiger partial charge >= 0.3 is 0 Å². The number of nitrogens with one attached hydrogen (secondary N) is 1. The molecule has 3 aromatic carbocycles. The lowest BCUT2D eigenvalue weighted by atomic mass is 10.0. The molecule has 1 aliphatic heterocycles. The molecule has 1 saturated heterocycles. The Morgan fingerprint density at radius 3 is 2.19 bits per heavy atom. The first-order valence-corrected chi connectivity index (χ1v) is 13.6. The van der Waals surface area contributed by atoms with Gasteiger partial charge in [-0.25, -0.2) is 8.42 Å². The molecule has 1 heterocycles. The highest BCUT2D eigenvalue weighted by atomic mass is 32.2. The van der Waals surface area contributed by atoms with E-state index in [1.807, 2.05) is 12.1 Å². The van der Waals surface area contributed by atoms with E-state index < -0.39 is 22.5 Å². The van der Waals surface area contributed by atoms with Gasteiger partial charge in [-0.2, -0.15) is 0 Å². The predicted molar refractivity (Wildman–Crippen MR) is 143 cm³/mol. The van der Waals surface area contributed by atoms with E-state index in [9.17, 15) is 18.0 Å². The van der Waals surface area contributed by atoms with Gasteiger partial charge in [0, 0.05) is 13.1 Å². The third-order valence-electron chi connectivity index (χ3n) is 6.20. The SMILES string of the molecule is CC(C)c1ccc(N(CC(=O)Nc2ccccc2C(=O)N2CCOCC2)S(=O)(=O)c2ccccc2)cc1. The van der Waals surface area contributed by atoms with Crippen molar-refractivity contribution in [2.45, 2.75) is 24.7 Å². The summed E-state index contributed by atoms with van der Waals surface area (Å²) in [5.74, 6) is -0.496. The Morgan fingerprint density at radius 2 is 1.54 bits per heavy atom. The monoisotopic (exact) mass is 521 g/mol. The molecule has 9 heteroatoms. The maximum atomic E-state index is 13.6. The summed E-state index contributed by atoms with van der Waals surface area (Å²) in [5.41, 5.74) is 2.11. The molecule has 0 atom stereocenters. The molecule has 4 rings (SSSR count). The Labute approximate surface area is 217 Å². The van der Waals surface area contributed by atoms with Gasteiger partial charge in [0.15, 0.2) is 0 Å². The highest BCUT2D eigenvalue weighted by Crippen LogP contribution is 2.26. The molecule has 3 aromatic rings. The number of sulfonamides is 1. The Balaban J connectivity index is 1.61. The zero-order valence-electron chi connectivity index (χ0n) is 21.0. The molecular weight excluding hydrogens is 490 g/mol. The van der Waals surface area contributed by atoms with Crippen molar-refractivity contribution in [1.82, 2.24) is 4.90 Å². The fourth-order valence-electron chi connectivity index (χ4n) is 4.10. The summed E-state index contributed by atoms with van der Waals surface area (Å²) in [5, 5.41) is 2.76. The van der Waals surface area contributed by atoms with Crippen LogP contribution in [-0.2, 0) is 19.6 Å².